The summed E-state index contributed by atoms with van der Waals surface area (Å²) in [5, 5.41) is 0. The van der Waals surface area contributed by atoms with Gasteiger partial charge in [-0.05, 0) is 31.9 Å². The van der Waals surface area contributed by atoms with E-state index < -0.39 is 0 Å². The highest BCUT2D eigenvalue weighted by Crippen LogP contribution is 2.19. The van der Waals surface area contributed by atoms with Crippen molar-refractivity contribution in [3.8, 4) is 0 Å². The zero-order chi connectivity index (χ0) is 13.2. The second-order valence-electron chi connectivity index (χ2n) is 4.91. The molecule has 1 aromatic heterocycles. The Morgan fingerprint density at radius 1 is 1.47 bits per heavy atom. The van der Waals surface area contributed by atoms with Crippen molar-refractivity contribution in [3.63, 3.8) is 0 Å². The number of rotatable bonds is 4. The van der Waals surface area contributed by atoms with Crippen LogP contribution in [0.4, 0.5) is 0 Å². The first-order valence-electron chi connectivity index (χ1n) is 6.88. The highest BCUT2D eigenvalue weighted by atomic mass is 16.5. The molecular weight excluding hydrogens is 240 g/mol. The quantitative estimate of drug-likeness (QED) is 0.845. The van der Waals surface area contributed by atoms with Gasteiger partial charge in [-0.2, -0.15) is 0 Å². The van der Waals surface area contributed by atoms with Gasteiger partial charge in [0.2, 0.25) is 0 Å². The third kappa shape index (κ3) is 2.28. The van der Waals surface area contributed by atoms with E-state index >= 15 is 0 Å². The molecule has 4 nitrogen and oxygen atoms in total. The average molecular weight is 258 g/mol. The van der Waals surface area contributed by atoms with Gasteiger partial charge in [-0.25, -0.2) is 4.98 Å². The molecule has 3 rings (SSSR count). The SMILES string of the molecule is CCn1c(CC(=O)C2CCCO2)nc2ccccc21. The maximum atomic E-state index is 12.2. The molecule has 1 aliphatic rings. The number of ether oxygens (including phenoxy) is 1. The second kappa shape index (κ2) is 5.13. The van der Waals surface area contributed by atoms with Crippen molar-refractivity contribution in [1.82, 2.24) is 9.55 Å². The lowest BCUT2D eigenvalue weighted by molar-refractivity contribution is -0.127. The van der Waals surface area contributed by atoms with Gasteiger partial charge in [0.15, 0.2) is 5.78 Å². The minimum atomic E-state index is -0.217. The fraction of sp³-hybridized carbons (Fsp3) is 0.467. The van der Waals surface area contributed by atoms with Crippen LogP contribution >= 0.6 is 0 Å². The van der Waals surface area contributed by atoms with Gasteiger partial charge in [0.25, 0.3) is 0 Å². The molecule has 1 fully saturated rings. The number of benzene rings is 1. The van der Waals surface area contributed by atoms with Crippen LogP contribution in [-0.2, 0) is 22.5 Å². The molecule has 2 heterocycles. The van der Waals surface area contributed by atoms with Crippen LogP contribution in [0.1, 0.15) is 25.6 Å². The number of Topliss-reactive ketones (excluding diaryl/α,β-unsaturated/α-hetero) is 1. The topological polar surface area (TPSA) is 44.1 Å². The number of fused-ring (bicyclic) bond motifs is 1. The number of carbonyl (C=O) groups excluding carboxylic acids is 1. The molecule has 19 heavy (non-hydrogen) atoms. The normalized spacial score (nSPS) is 19.1. The third-order valence-corrected chi connectivity index (χ3v) is 3.67. The number of imidazole rings is 1. The number of aromatic nitrogens is 2. The smallest absolute Gasteiger partial charge is 0.169 e. The second-order valence-corrected chi connectivity index (χ2v) is 4.91. The summed E-state index contributed by atoms with van der Waals surface area (Å²) in [5.74, 6) is 1.01. The Bertz CT molecular complexity index is 597. The summed E-state index contributed by atoms with van der Waals surface area (Å²) in [4.78, 5) is 16.8. The number of nitrogens with zero attached hydrogens (tertiary/aromatic N) is 2. The van der Waals surface area contributed by atoms with Gasteiger partial charge in [0, 0.05) is 13.2 Å². The Balaban J connectivity index is 1.89. The lowest BCUT2D eigenvalue weighted by Crippen LogP contribution is -2.23. The molecule has 0 N–H and O–H groups in total. The Hall–Kier alpha value is -1.68. The average Bonchev–Trinajstić information content (AvgIpc) is 3.05. The van der Waals surface area contributed by atoms with E-state index in [9.17, 15) is 4.79 Å². The Morgan fingerprint density at radius 3 is 3.05 bits per heavy atom. The van der Waals surface area contributed by atoms with Gasteiger partial charge in [-0.1, -0.05) is 12.1 Å². The Kier molecular flexibility index (Phi) is 3.34. The summed E-state index contributed by atoms with van der Waals surface area (Å²) in [6.07, 6.45) is 1.99. The molecule has 1 unspecified atom stereocenters. The molecule has 0 bridgehead atoms. The van der Waals surface area contributed by atoms with Gasteiger partial charge in [-0.15, -0.1) is 0 Å². The van der Waals surface area contributed by atoms with E-state index in [0.29, 0.717) is 13.0 Å². The van der Waals surface area contributed by atoms with Crippen LogP contribution in [0.5, 0.6) is 0 Å². The van der Waals surface area contributed by atoms with Gasteiger partial charge < -0.3 is 9.30 Å². The minimum Gasteiger partial charge on any atom is -0.370 e. The minimum absolute atomic E-state index is 0.155. The predicted molar refractivity (Wildman–Crippen MR) is 73.1 cm³/mol. The molecular formula is C15H18N2O2. The van der Waals surface area contributed by atoms with Crippen LogP contribution < -0.4 is 0 Å². The molecule has 1 aliphatic heterocycles. The van der Waals surface area contributed by atoms with Crippen LogP contribution in [0.3, 0.4) is 0 Å². The molecule has 2 aromatic rings. The van der Waals surface area contributed by atoms with Crippen molar-refractivity contribution in [3.05, 3.63) is 30.1 Å². The molecule has 0 radical (unpaired) electrons. The summed E-state index contributed by atoms with van der Waals surface area (Å²) in [7, 11) is 0. The summed E-state index contributed by atoms with van der Waals surface area (Å²) in [5.41, 5.74) is 2.06. The number of ketones is 1. The summed E-state index contributed by atoms with van der Waals surface area (Å²) in [6.45, 7) is 3.61. The van der Waals surface area contributed by atoms with E-state index in [-0.39, 0.29) is 11.9 Å². The maximum absolute atomic E-state index is 12.2. The van der Waals surface area contributed by atoms with Gasteiger partial charge >= 0.3 is 0 Å². The van der Waals surface area contributed by atoms with Crippen LogP contribution in [0.15, 0.2) is 24.3 Å². The van der Waals surface area contributed by atoms with E-state index in [4.69, 9.17) is 4.74 Å². The van der Waals surface area contributed by atoms with E-state index in [1.807, 2.05) is 24.3 Å². The first-order chi connectivity index (χ1) is 9.29. The van der Waals surface area contributed by atoms with Crippen molar-refractivity contribution in [1.29, 1.82) is 0 Å². The van der Waals surface area contributed by atoms with E-state index in [1.54, 1.807) is 0 Å². The number of para-hydroxylation sites is 2. The third-order valence-electron chi connectivity index (χ3n) is 3.67. The highest BCUT2D eigenvalue weighted by molar-refractivity contribution is 5.86. The summed E-state index contributed by atoms with van der Waals surface area (Å²) < 4.78 is 7.56. The largest absolute Gasteiger partial charge is 0.370 e. The maximum Gasteiger partial charge on any atom is 0.169 e. The predicted octanol–water partition coefficient (Wildman–Crippen LogP) is 2.35. The first kappa shape index (κ1) is 12.4. The number of hydrogen-bond acceptors (Lipinski definition) is 3. The standard InChI is InChI=1S/C15H18N2O2/c1-2-17-12-7-4-3-6-11(12)16-15(17)10-13(18)14-8-5-9-19-14/h3-4,6-7,14H,2,5,8-10H2,1H3. The van der Waals surface area contributed by atoms with Crippen molar-refractivity contribution in [2.24, 2.45) is 0 Å². The molecule has 0 spiro atoms. The fourth-order valence-electron chi connectivity index (χ4n) is 2.71. The van der Waals surface area contributed by atoms with E-state index in [2.05, 4.69) is 16.5 Å². The van der Waals surface area contributed by atoms with E-state index in [1.165, 1.54) is 0 Å². The molecule has 0 saturated carbocycles. The molecule has 1 atom stereocenters. The Labute approximate surface area is 112 Å². The van der Waals surface area contributed by atoms with Crippen molar-refractivity contribution < 1.29 is 9.53 Å². The molecule has 1 saturated heterocycles. The van der Waals surface area contributed by atoms with Crippen molar-refractivity contribution in [2.75, 3.05) is 6.61 Å². The van der Waals surface area contributed by atoms with Gasteiger partial charge in [-0.3, -0.25) is 4.79 Å². The van der Waals surface area contributed by atoms with E-state index in [0.717, 1.165) is 36.2 Å². The zero-order valence-electron chi connectivity index (χ0n) is 11.1. The van der Waals surface area contributed by atoms with Crippen LogP contribution in [0.2, 0.25) is 0 Å². The van der Waals surface area contributed by atoms with Gasteiger partial charge in [0.1, 0.15) is 11.9 Å². The first-order valence-corrected chi connectivity index (χ1v) is 6.88. The number of aryl methyl sites for hydroxylation is 1. The van der Waals surface area contributed by atoms with Crippen LogP contribution in [0, 0.1) is 0 Å². The summed E-state index contributed by atoms with van der Waals surface area (Å²) in [6, 6.07) is 8.01. The van der Waals surface area contributed by atoms with Crippen LogP contribution in [-0.4, -0.2) is 28.0 Å². The summed E-state index contributed by atoms with van der Waals surface area (Å²) >= 11 is 0. The Morgan fingerprint density at radius 2 is 2.32 bits per heavy atom. The number of hydrogen-bond donors (Lipinski definition) is 0. The molecule has 0 aliphatic carbocycles. The van der Waals surface area contributed by atoms with Crippen molar-refractivity contribution in [2.45, 2.75) is 38.8 Å². The van der Waals surface area contributed by atoms with Crippen LogP contribution in [0.25, 0.3) is 11.0 Å². The lowest BCUT2D eigenvalue weighted by atomic mass is 10.1. The molecule has 100 valence electrons. The monoisotopic (exact) mass is 258 g/mol. The molecule has 4 heteroatoms. The fourth-order valence-corrected chi connectivity index (χ4v) is 2.71. The molecule has 1 aromatic carbocycles. The number of carbonyl (C=O) groups is 1. The highest BCUT2D eigenvalue weighted by Gasteiger charge is 2.25. The zero-order valence-corrected chi connectivity index (χ0v) is 11.1. The molecule has 0 amide bonds. The lowest BCUT2D eigenvalue weighted by Gasteiger charge is -2.09. The van der Waals surface area contributed by atoms with Gasteiger partial charge in [0.05, 0.1) is 17.5 Å². The van der Waals surface area contributed by atoms with Crippen molar-refractivity contribution >= 4 is 16.8 Å².